The van der Waals surface area contributed by atoms with Crippen LogP contribution in [0, 0.1) is 40.9 Å². The van der Waals surface area contributed by atoms with Crippen molar-refractivity contribution >= 4 is 35.2 Å². The highest BCUT2D eigenvalue weighted by molar-refractivity contribution is 6.39. The molecule has 3 fully saturated rings. The van der Waals surface area contributed by atoms with Crippen molar-refractivity contribution in [3.05, 3.63) is 47.6 Å². The number of Topliss-reactive ketones (excluding diaryl/α,β-unsaturated/α-hetero) is 3. The molecule has 1 aliphatic carbocycles. The minimum absolute atomic E-state index is 0.0193. The van der Waals surface area contributed by atoms with Crippen molar-refractivity contribution in [3.8, 4) is 0 Å². The number of nitrogens with zero attached hydrogens (tertiary/aromatic N) is 1. The van der Waals surface area contributed by atoms with Crippen LogP contribution in [0.3, 0.4) is 0 Å². The number of allylic oxidation sites excluding steroid dienone is 6. The Hall–Kier alpha value is -3.90. The molecule has 0 aromatic heterocycles. The van der Waals surface area contributed by atoms with Gasteiger partial charge in [0.05, 0.1) is 29.8 Å². The number of piperidine rings is 1. The van der Waals surface area contributed by atoms with E-state index in [1.165, 1.54) is 12.0 Å². The third-order valence-electron chi connectivity index (χ3n) is 16.6. The van der Waals surface area contributed by atoms with Gasteiger partial charge in [-0.3, -0.25) is 24.0 Å². The van der Waals surface area contributed by atoms with E-state index in [1.807, 2.05) is 71.9 Å². The average Bonchev–Trinajstić information content (AvgIpc) is 3.38. The Labute approximate surface area is 441 Å². The number of carbonyl (C=O) groups excluding carboxylic acids is 5. The lowest BCUT2D eigenvalue weighted by molar-refractivity contribution is -0.265. The molecule has 0 spiro atoms. The highest BCUT2D eigenvalue weighted by atomic mass is 16.6. The van der Waals surface area contributed by atoms with Crippen LogP contribution in [0.25, 0.3) is 0 Å². The van der Waals surface area contributed by atoms with Gasteiger partial charge in [-0.1, -0.05) is 84.9 Å². The number of rotatable bonds is 9. The second-order valence-electron chi connectivity index (χ2n) is 22.2. The molecule has 4 N–H and O–H groups in total. The highest BCUT2D eigenvalue weighted by Crippen LogP contribution is 2.38. The van der Waals surface area contributed by atoms with Crippen molar-refractivity contribution in [2.75, 3.05) is 27.9 Å². The number of fused-ring (bicyclic) bond motifs is 3. The number of aliphatic hydroxyl groups is 3. The SMILES string of the molecule is CCC(C)(CC)C(=O)O.CO[C@H]1C[C@@H]2CC[C@@H](C)[C@@](O)(O2)C(=O)C(=O)N2CCCC[C@H]2C(=O)O[C@H]([C@H](C)C[C@@H]2CC[C@@H](O)[C@H](OC)C2)CC(=O)[C@H](C)/C=C(\C)[C@@H](O)[C@@H](OC)C(=O)[C@H](C)C[C@H](C)/C=C/C=CC=C1C. The predicted molar refractivity (Wildman–Crippen MR) is 281 cm³/mol. The largest absolute Gasteiger partial charge is 0.481 e. The summed E-state index contributed by atoms with van der Waals surface area (Å²) in [7, 11) is 4.52. The zero-order valence-corrected chi connectivity index (χ0v) is 46.9. The molecule has 74 heavy (non-hydrogen) atoms. The van der Waals surface area contributed by atoms with Crippen LogP contribution in [0.4, 0.5) is 0 Å². The van der Waals surface area contributed by atoms with Crippen molar-refractivity contribution in [3.63, 3.8) is 0 Å². The number of cyclic esters (lactones) is 1. The predicted octanol–water partition coefficient (Wildman–Crippen LogP) is 8.08. The molecule has 0 aromatic carbocycles. The molecule has 2 bridgehead atoms. The normalized spacial score (nSPS) is 35.8. The van der Waals surface area contributed by atoms with Crippen LogP contribution in [-0.4, -0.2) is 143 Å². The lowest BCUT2D eigenvalue weighted by Crippen LogP contribution is -2.61. The fourth-order valence-corrected chi connectivity index (χ4v) is 10.7. The number of amides is 1. The number of ketones is 3. The average molecular weight is 1040 g/mol. The highest BCUT2D eigenvalue weighted by Gasteiger charge is 2.53. The van der Waals surface area contributed by atoms with Crippen LogP contribution in [0.5, 0.6) is 0 Å². The molecule has 1 amide bonds. The Morgan fingerprint density at radius 3 is 2.14 bits per heavy atom. The summed E-state index contributed by atoms with van der Waals surface area (Å²) in [6, 6.07) is -1.14. The van der Waals surface area contributed by atoms with Gasteiger partial charge in [0.1, 0.15) is 30.1 Å². The van der Waals surface area contributed by atoms with Crippen LogP contribution in [0.15, 0.2) is 47.6 Å². The van der Waals surface area contributed by atoms with E-state index in [-0.39, 0.29) is 54.8 Å². The summed E-state index contributed by atoms with van der Waals surface area (Å²) in [5.74, 6) is -8.65. The van der Waals surface area contributed by atoms with E-state index in [1.54, 1.807) is 48.0 Å². The molecule has 4 rings (SSSR count). The molecule has 0 unspecified atom stereocenters. The first-order valence-electron chi connectivity index (χ1n) is 27.2. The molecule has 0 radical (unpaired) electrons. The molecule has 16 nitrogen and oxygen atoms in total. The Kier molecular flexibility index (Phi) is 26.2. The van der Waals surface area contributed by atoms with Crippen molar-refractivity contribution in [1.82, 2.24) is 4.90 Å². The molecule has 1 saturated carbocycles. The molecule has 16 heteroatoms. The Bertz CT molecular complexity index is 1990. The van der Waals surface area contributed by atoms with Gasteiger partial charge in [0.25, 0.3) is 11.7 Å². The maximum Gasteiger partial charge on any atom is 0.329 e. The molecule has 15 atom stereocenters. The van der Waals surface area contributed by atoms with Crippen molar-refractivity contribution in [2.24, 2.45) is 40.9 Å². The smallest absolute Gasteiger partial charge is 0.329 e. The molecule has 3 heterocycles. The number of methoxy groups -OCH3 is 3. The minimum atomic E-state index is -2.43. The summed E-state index contributed by atoms with van der Waals surface area (Å²) in [6.07, 6.45) is 12.6. The van der Waals surface area contributed by atoms with Crippen LogP contribution in [0.1, 0.15) is 159 Å². The van der Waals surface area contributed by atoms with Gasteiger partial charge in [-0.2, -0.15) is 0 Å². The van der Waals surface area contributed by atoms with Crippen molar-refractivity contribution < 1.29 is 72.9 Å². The number of aliphatic hydroxyl groups excluding tert-OH is 2. The van der Waals surface area contributed by atoms with Gasteiger partial charge in [0.15, 0.2) is 5.78 Å². The molecule has 0 aromatic rings. The Morgan fingerprint density at radius 1 is 0.865 bits per heavy atom. The number of carboxylic acids is 1. The van der Waals surface area contributed by atoms with Gasteiger partial charge in [0.2, 0.25) is 5.79 Å². The van der Waals surface area contributed by atoms with Gasteiger partial charge < -0.3 is 49.0 Å². The number of hydrogen-bond acceptors (Lipinski definition) is 14. The van der Waals surface area contributed by atoms with Gasteiger partial charge >= 0.3 is 11.9 Å². The van der Waals surface area contributed by atoms with Crippen LogP contribution in [-0.2, 0) is 52.5 Å². The van der Waals surface area contributed by atoms with E-state index >= 15 is 0 Å². The summed E-state index contributed by atoms with van der Waals surface area (Å²) in [4.78, 5) is 82.3. The quantitative estimate of drug-likeness (QED) is 0.0971. The summed E-state index contributed by atoms with van der Waals surface area (Å²) in [5, 5.41) is 42.5. The van der Waals surface area contributed by atoms with Crippen LogP contribution < -0.4 is 0 Å². The van der Waals surface area contributed by atoms with Gasteiger partial charge in [-0.15, -0.1) is 0 Å². The number of esters is 1. The Balaban J connectivity index is 0.00000146. The topological polar surface area (TPSA) is 233 Å². The zero-order chi connectivity index (χ0) is 55.7. The van der Waals surface area contributed by atoms with E-state index in [4.69, 9.17) is 28.8 Å². The first-order chi connectivity index (χ1) is 34.8. The van der Waals surface area contributed by atoms with E-state index in [0.29, 0.717) is 76.2 Å². The third kappa shape index (κ3) is 17.6. The van der Waals surface area contributed by atoms with Gasteiger partial charge in [-0.25, -0.2) is 4.79 Å². The van der Waals surface area contributed by atoms with Crippen molar-refractivity contribution in [2.45, 2.75) is 214 Å². The summed E-state index contributed by atoms with van der Waals surface area (Å²) < 4.78 is 29.4. The number of ether oxygens (including phenoxy) is 5. The first kappa shape index (κ1) is 64.4. The van der Waals surface area contributed by atoms with E-state index in [0.717, 1.165) is 12.0 Å². The van der Waals surface area contributed by atoms with E-state index in [9.17, 15) is 44.1 Å². The third-order valence-corrected chi connectivity index (χ3v) is 16.6. The van der Waals surface area contributed by atoms with E-state index < -0.39 is 95.3 Å². The number of aliphatic carboxylic acids is 1. The van der Waals surface area contributed by atoms with Crippen LogP contribution in [0.2, 0.25) is 0 Å². The summed E-state index contributed by atoms with van der Waals surface area (Å²) in [5.41, 5.74) is 0.766. The zero-order valence-electron chi connectivity index (χ0n) is 46.9. The first-order valence-corrected chi connectivity index (χ1v) is 27.2. The summed E-state index contributed by atoms with van der Waals surface area (Å²) in [6.45, 7) is 18.3. The van der Waals surface area contributed by atoms with Gasteiger partial charge in [0, 0.05) is 58.5 Å². The number of carbonyl (C=O) groups is 6. The standard InChI is InChI=1S/C51H79NO13.C7H14O2/c1-30-16-12-11-13-17-31(2)42(61-8)28-38-21-19-36(7)51(60,65-38)48(57)49(58)52-23-15-14-18-39(52)50(59)64-43(33(4)26-37-20-22-40(53)44(27-37)62-9)29-41(54)32(3)25-35(6)46(56)47(63-10)45(55)34(5)24-30;1-4-7(3,5-2)6(8)9/h11-13,16-17,25,30,32-34,36-40,42-44,46-47,53,56,60H,14-15,18-24,26-29H2,1-10H3;4-5H2,1-3H3,(H,8,9)/b13-11?,16-12+,31-17?,35-25+;/t30-,32-,33-,34-,36-,37+,38+,39+,40-,42+,43+,44-,46-,47+,51-;/m1./s1. The molecule has 4 aliphatic rings. The fourth-order valence-electron chi connectivity index (χ4n) is 10.7. The molecule has 3 aliphatic heterocycles. The summed E-state index contributed by atoms with van der Waals surface area (Å²) >= 11 is 0. The monoisotopic (exact) mass is 1040 g/mol. The molecular weight excluding hydrogens is 951 g/mol. The number of carboxylic acid groups (broad SMARTS) is 1. The minimum Gasteiger partial charge on any atom is -0.481 e. The lowest BCUT2D eigenvalue weighted by Gasteiger charge is -2.42. The molecular formula is C58H93NO15. The second kappa shape index (κ2) is 30.1. The molecule has 2 saturated heterocycles. The van der Waals surface area contributed by atoms with Crippen LogP contribution >= 0.6 is 0 Å². The number of hydrogen-bond donors (Lipinski definition) is 4. The lowest BCUT2D eigenvalue weighted by atomic mass is 9.78. The maximum absolute atomic E-state index is 14.4. The van der Waals surface area contributed by atoms with Crippen molar-refractivity contribution in [1.29, 1.82) is 0 Å². The molecule has 420 valence electrons. The maximum atomic E-state index is 14.4. The van der Waals surface area contributed by atoms with Gasteiger partial charge in [-0.05, 0) is 127 Å². The fraction of sp³-hybridized carbons (Fsp3) is 0.759. The Morgan fingerprint density at radius 2 is 1.54 bits per heavy atom. The second-order valence-corrected chi connectivity index (χ2v) is 22.2. The van der Waals surface area contributed by atoms with E-state index in [2.05, 4.69) is 0 Å².